The monoisotopic (exact) mass is 607 g/mol. The number of carbonyl (C=O) groups excluding carboxylic acids is 4. The third-order valence-corrected chi connectivity index (χ3v) is 7.93. The molecular weight excluding hydrogens is 578 g/mol. The van der Waals surface area contributed by atoms with Crippen LogP contribution in [0.15, 0.2) is 114 Å². The molecule has 5 rings (SSSR count). The second-order valence-electron chi connectivity index (χ2n) is 9.68. The molecule has 0 spiro atoms. The van der Waals surface area contributed by atoms with Crippen LogP contribution in [0.2, 0.25) is 0 Å². The van der Waals surface area contributed by atoms with Crippen LogP contribution in [-0.4, -0.2) is 43.1 Å². The number of nitrogens with one attached hydrogen (secondary N) is 2. The molecule has 0 bridgehead atoms. The molecule has 0 aromatic heterocycles. The van der Waals surface area contributed by atoms with Gasteiger partial charge in [0.25, 0.3) is 11.8 Å². The summed E-state index contributed by atoms with van der Waals surface area (Å²) in [6.45, 7) is 0. The van der Waals surface area contributed by atoms with E-state index in [0.29, 0.717) is 38.9 Å². The highest BCUT2D eigenvalue weighted by Crippen LogP contribution is 2.35. The molecule has 4 amide bonds. The highest BCUT2D eigenvalue weighted by Gasteiger charge is 2.40. The summed E-state index contributed by atoms with van der Waals surface area (Å²) in [5, 5.41) is 4.95. The van der Waals surface area contributed by atoms with Gasteiger partial charge in [-0.1, -0.05) is 42.5 Å². The minimum absolute atomic E-state index is 0.0291. The number of rotatable bonds is 10. The van der Waals surface area contributed by atoms with Gasteiger partial charge in [0.05, 0.1) is 25.2 Å². The number of hydrogen-bond donors (Lipinski definition) is 2. The second-order valence-corrected chi connectivity index (χ2v) is 11.0. The average Bonchev–Trinajstić information content (AvgIpc) is 3.33. The molecule has 44 heavy (non-hydrogen) atoms. The number of benzene rings is 4. The van der Waals surface area contributed by atoms with Crippen molar-refractivity contribution in [3.63, 3.8) is 0 Å². The van der Waals surface area contributed by atoms with Crippen LogP contribution >= 0.6 is 11.8 Å². The van der Waals surface area contributed by atoms with Crippen molar-refractivity contribution in [1.29, 1.82) is 0 Å². The number of thioether (sulfide) groups is 1. The number of ether oxygens (including phenoxy) is 2. The van der Waals surface area contributed by atoms with Crippen molar-refractivity contribution in [2.75, 3.05) is 24.4 Å². The summed E-state index contributed by atoms with van der Waals surface area (Å²) in [6, 6.07) is 29.4. The van der Waals surface area contributed by atoms with Gasteiger partial charge in [0.15, 0.2) is 0 Å². The Labute approximate surface area is 258 Å². The number of para-hydroxylation sites is 1. The molecule has 4 aromatic carbocycles. The zero-order chi connectivity index (χ0) is 31.1. The van der Waals surface area contributed by atoms with E-state index in [1.54, 1.807) is 97.1 Å². The fourth-order valence-corrected chi connectivity index (χ4v) is 5.72. The smallest absolute Gasteiger partial charge is 0.272 e. The van der Waals surface area contributed by atoms with Gasteiger partial charge in [0.2, 0.25) is 11.8 Å². The van der Waals surface area contributed by atoms with Gasteiger partial charge >= 0.3 is 0 Å². The molecule has 0 radical (unpaired) electrons. The predicted molar refractivity (Wildman–Crippen MR) is 170 cm³/mol. The lowest BCUT2D eigenvalue weighted by atomic mass is 10.1. The molecular formula is C34H29N3O6S. The highest BCUT2D eigenvalue weighted by atomic mass is 32.2. The van der Waals surface area contributed by atoms with E-state index >= 15 is 0 Å². The zero-order valence-electron chi connectivity index (χ0n) is 24.0. The standard InChI is InChI=1S/C34H29N3O6S/c1-42-26-16-17-29(43-2)23(18-26)19-28(36-32(39)22-10-5-3-6-11-22)33(40)35-24-12-9-15-27(20-24)44-30-21-31(38)37(34(30)41)25-13-7-4-8-14-25/h3-20,30H,21H2,1-2H3,(H,35,40)(H,36,39)/b28-19-. The molecule has 1 saturated heterocycles. The van der Waals surface area contributed by atoms with E-state index in [0.717, 1.165) is 0 Å². The largest absolute Gasteiger partial charge is 0.497 e. The Morgan fingerprint density at radius 2 is 1.59 bits per heavy atom. The van der Waals surface area contributed by atoms with E-state index in [1.807, 2.05) is 6.07 Å². The molecule has 2 N–H and O–H groups in total. The number of imide groups is 1. The maximum atomic E-state index is 13.6. The van der Waals surface area contributed by atoms with Gasteiger partial charge in [-0.3, -0.25) is 19.2 Å². The molecule has 4 aromatic rings. The van der Waals surface area contributed by atoms with Gasteiger partial charge in [-0.15, -0.1) is 11.8 Å². The fraction of sp³-hybridized carbons (Fsp3) is 0.118. The van der Waals surface area contributed by atoms with Crippen LogP contribution in [0.3, 0.4) is 0 Å². The van der Waals surface area contributed by atoms with Gasteiger partial charge in [-0.2, -0.15) is 0 Å². The van der Waals surface area contributed by atoms with E-state index in [1.165, 1.54) is 37.0 Å². The van der Waals surface area contributed by atoms with Crippen LogP contribution in [0.25, 0.3) is 6.08 Å². The predicted octanol–water partition coefficient (Wildman–Crippen LogP) is 5.54. The molecule has 1 atom stereocenters. The number of amides is 4. The van der Waals surface area contributed by atoms with Crippen molar-refractivity contribution >= 4 is 52.8 Å². The first-order valence-electron chi connectivity index (χ1n) is 13.7. The summed E-state index contributed by atoms with van der Waals surface area (Å²) in [7, 11) is 3.03. The fourth-order valence-electron chi connectivity index (χ4n) is 4.60. The minimum Gasteiger partial charge on any atom is -0.497 e. The van der Waals surface area contributed by atoms with Gasteiger partial charge in [-0.25, -0.2) is 4.90 Å². The van der Waals surface area contributed by atoms with Crippen molar-refractivity contribution in [3.05, 3.63) is 120 Å². The third kappa shape index (κ3) is 6.99. The molecule has 222 valence electrons. The molecule has 0 saturated carbocycles. The van der Waals surface area contributed by atoms with Crippen molar-refractivity contribution in [3.8, 4) is 11.5 Å². The molecule has 1 aliphatic rings. The van der Waals surface area contributed by atoms with Crippen molar-refractivity contribution in [2.45, 2.75) is 16.6 Å². The highest BCUT2D eigenvalue weighted by molar-refractivity contribution is 8.00. The summed E-state index contributed by atoms with van der Waals surface area (Å²) in [6.07, 6.45) is 1.58. The maximum Gasteiger partial charge on any atom is 0.272 e. The quantitative estimate of drug-likeness (QED) is 0.180. The Hall–Kier alpha value is -5.35. The second kappa shape index (κ2) is 13.7. The molecule has 1 fully saturated rings. The number of hydrogen-bond acceptors (Lipinski definition) is 7. The summed E-state index contributed by atoms with van der Waals surface area (Å²) < 4.78 is 10.8. The molecule has 1 unspecified atom stereocenters. The summed E-state index contributed by atoms with van der Waals surface area (Å²) in [5.41, 5.74) is 1.84. The van der Waals surface area contributed by atoms with Crippen LogP contribution in [0.5, 0.6) is 11.5 Å². The third-order valence-electron chi connectivity index (χ3n) is 6.76. The van der Waals surface area contributed by atoms with Crippen LogP contribution in [0.4, 0.5) is 11.4 Å². The lowest BCUT2D eigenvalue weighted by Crippen LogP contribution is -2.31. The van der Waals surface area contributed by atoms with Crippen molar-refractivity contribution in [2.24, 2.45) is 0 Å². The number of methoxy groups -OCH3 is 2. The van der Waals surface area contributed by atoms with E-state index < -0.39 is 17.1 Å². The van der Waals surface area contributed by atoms with Gasteiger partial charge in [0, 0.05) is 28.1 Å². The topological polar surface area (TPSA) is 114 Å². The molecule has 9 nitrogen and oxygen atoms in total. The van der Waals surface area contributed by atoms with E-state index in [-0.39, 0.29) is 23.9 Å². The van der Waals surface area contributed by atoms with E-state index in [2.05, 4.69) is 10.6 Å². The average molecular weight is 608 g/mol. The normalized spacial score (nSPS) is 14.7. The summed E-state index contributed by atoms with van der Waals surface area (Å²) in [4.78, 5) is 54.4. The first kappa shape index (κ1) is 30.1. The summed E-state index contributed by atoms with van der Waals surface area (Å²) in [5.74, 6) is -0.582. The SMILES string of the molecule is COc1ccc(OC)c(/C=C(\NC(=O)c2ccccc2)C(=O)Nc2cccc(SC3CC(=O)N(c4ccccc4)C3=O)c2)c1. The van der Waals surface area contributed by atoms with Crippen LogP contribution in [0, 0.1) is 0 Å². The first-order valence-corrected chi connectivity index (χ1v) is 14.5. The van der Waals surface area contributed by atoms with Crippen LogP contribution < -0.4 is 25.0 Å². The van der Waals surface area contributed by atoms with E-state index in [9.17, 15) is 19.2 Å². The van der Waals surface area contributed by atoms with Crippen LogP contribution in [0.1, 0.15) is 22.3 Å². The summed E-state index contributed by atoms with van der Waals surface area (Å²) >= 11 is 1.25. The number of carbonyl (C=O) groups is 4. The van der Waals surface area contributed by atoms with Crippen molar-refractivity contribution in [1.82, 2.24) is 5.32 Å². The Morgan fingerprint density at radius 3 is 2.30 bits per heavy atom. The van der Waals surface area contributed by atoms with Crippen molar-refractivity contribution < 1.29 is 28.7 Å². The minimum atomic E-state index is -0.602. The van der Waals surface area contributed by atoms with Crippen LogP contribution in [-0.2, 0) is 14.4 Å². The Balaban J connectivity index is 1.37. The molecule has 1 heterocycles. The maximum absolute atomic E-state index is 13.6. The van der Waals surface area contributed by atoms with Gasteiger partial charge < -0.3 is 20.1 Å². The molecule has 0 aliphatic carbocycles. The Kier molecular flexibility index (Phi) is 9.41. The Bertz CT molecular complexity index is 1730. The number of nitrogens with zero attached hydrogens (tertiary/aromatic N) is 1. The molecule has 10 heteroatoms. The lowest BCUT2D eigenvalue weighted by Gasteiger charge is -2.15. The lowest BCUT2D eigenvalue weighted by molar-refractivity contribution is -0.121. The van der Waals surface area contributed by atoms with Gasteiger partial charge in [0.1, 0.15) is 17.2 Å². The zero-order valence-corrected chi connectivity index (χ0v) is 24.8. The van der Waals surface area contributed by atoms with Gasteiger partial charge in [-0.05, 0) is 66.7 Å². The van der Waals surface area contributed by atoms with E-state index in [4.69, 9.17) is 9.47 Å². The Morgan fingerprint density at radius 1 is 0.864 bits per heavy atom. The molecule has 1 aliphatic heterocycles. The number of anilines is 2. The first-order chi connectivity index (χ1) is 21.4.